The highest BCUT2D eigenvalue weighted by molar-refractivity contribution is 6.00. The van der Waals surface area contributed by atoms with Crippen LogP contribution in [0.2, 0.25) is 0 Å². The molecule has 0 saturated carbocycles. The second-order valence-corrected chi connectivity index (χ2v) is 19.3. The number of carbonyl (C=O) groups is 9. The average molecular weight is 1030 g/mol. The molecule has 75 heavy (non-hydrogen) atoms. The first-order chi connectivity index (χ1) is 36.0. The second kappa shape index (κ2) is 25.5. The van der Waals surface area contributed by atoms with Gasteiger partial charge in [-0.15, -0.1) is 0 Å². The maximum absolute atomic E-state index is 14.8. The van der Waals surface area contributed by atoms with Gasteiger partial charge < -0.3 is 58.9 Å². The van der Waals surface area contributed by atoms with E-state index in [1.54, 1.807) is 66.7 Å². The van der Waals surface area contributed by atoms with Crippen LogP contribution in [0.4, 0.5) is 0 Å². The first kappa shape index (κ1) is 54.4. The molecular formula is C54H66N12O9. The van der Waals surface area contributed by atoms with Gasteiger partial charge in [-0.25, -0.2) is 0 Å². The van der Waals surface area contributed by atoms with Gasteiger partial charge in [0.15, 0.2) is 5.96 Å². The number of hydrogen-bond acceptors (Lipinski definition) is 10. The van der Waals surface area contributed by atoms with Crippen molar-refractivity contribution in [2.75, 3.05) is 19.6 Å². The summed E-state index contributed by atoms with van der Waals surface area (Å²) in [6.45, 7) is 1.84. The Morgan fingerprint density at radius 3 is 1.63 bits per heavy atom. The number of nitrogens with zero attached hydrogens (tertiary/aromatic N) is 3. The van der Waals surface area contributed by atoms with E-state index in [0.717, 1.165) is 10.8 Å². The lowest BCUT2D eigenvalue weighted by molar-refractivity contribution is -0.148. The number of nitrogens with two attached hydrogens (primary N) is 3. The van der Waals surface area contributed by atoms with Gasteiger partial charge in [0.2, 0.25) is 53.2 Å². The molecule has 3 saturated heterocycles. The number of hydrogen-bond donors (Lipinski definition) is 9. The van der Waals surface area contributed by atoms with E-state index in [9.17, 15) is 43.2 Å². The van der Waals surface area contributed by atoms with Crippen molar-refractivity contribution in [2.24, 2.45) is 22.2 Å². The van der Waals surface area contributed by atoms with E-state index in [1.807, 2.05) is 36.4 Å². The van der Waals surface area contributed by atoms with Gasteiger partial charge in [0.25, 0.3) is 0 Å². The van der Waals surface area contributed by atoms with Crippen molar-refractivity contribution in [1.29, 1.82) is 0 Å². The maximum atomic E-state index is 14.8. The number of rotatable bonds is 12. The molecule has 3 aliphatic heterocycles. The monoisotopic (exact) mass is 1030 g/mol. The largest absolute Gasteiger partial charge is 0.370 e. The van der Waals surface area contributed by atoms with Crippen LogP contribution in [0.3, 0.4) is 0 Å². The highest BCUT2D eigenvalue weighted by Crippen LogP contribution is 2.27. The van der Waals surface area contributed by atoms with Crippen molar-refractivity contribution in [3.63, 3.8) is 0 Å². The van der Waals surface area contributed by atoms with Crippen LogP contribution in [-0.2, 0) is 62.4 Å². The first-order valence-electron chi connectivity index (χ1n) is 25.4. The Bertz CT molecular complexity index is 2770. The van der Waals surface area contributed by atoms with Gasteiger partial charge >= 0.3 is 0 Å². The zero-order valence-corrected chi connectivity index (χ0v) is 41.9. The third-order valence-corrected chi connectivity index (χ3v) is 13.7. The Morgan fingerprint density at radius 1 is 0.520 bits per heavy atom. The number of nitrogens with one attached hydrogen (secondary N) is 6. The highest BCUT2D eigenvalue weighted by Gasteiger charge is 2.45. The zero-order chi connectivity index (χ0) is 53.6. The number of amides is 9. The summed E-state index contributed by atoms with van der Waals surface area (Å²) in [5.41, 5.74) is 18.7. The fourth-order valence-corrected chi connectivity index (χ4v) is 9.85. The first-order valence-corrected chi connectivity index (χ1v) is 25.4. The molecule has 3 fully saturated rings. The van der Waals surface area contributed by atoms with Gasteiger partial charge in [-0.2, -0.15) is 0 Å². The minimum Gasteiger partial charge on any atom is -0.370 e. The third-order valence-electron chi connectivity index (χ3n) is 13.7. The van der Waals surface area contributed by atoms with E-state index in [-0.39, 0.29) is 70.5 Å². The smallest absolute Gasteiger partial charge is 0.246 e. The molecule has 0 aliphatic carbocycles. The Balaban J connectivity index is 1.27. The van der Waals surface area contributed by atoms with E-state index in [0.29, 0.717) is 29.5 Å². The molecule has 12 N–H and O–H groups in total. The predicted octanol–water partition coefficient (Wildman–Crippen LogP) is -0.279. The molecular weight excluding hydrogens is 961 g/mol. The molecule has 4 aromatic carbocycles. The lowest BCUT2D eigenvalue weighted by Crippen LogP contribution is -2.61. The van der Waals surface area contributed by atoms with Crippen LogP contribution < -0.4 is 49.1 Å². The van der Waals surface area contributed by atoms with Crippen LogP contribution >= 0.6 is 0 Å². The summed E-state index contributed by atoms with van der Waals surface area (Å²) in [6.07, 6.45) is 0.776. The Labute approximate surface area is 434 Å². The summed E-state index contributed by atoms with van der Waals surface area (Å²) >= 11 is 0. The molecule has 0 spiro atoms. The number of fused-ring (bicyclic) bond motifs is 3. The van der Waals surface area contributed by atoms with Crippen molar-refractivity contribution in [1.82, 2.24) is 41.7 Å². The summed E-state index contributed by atoms with van der Waals surface area (Å²) in [5, 5.41) is 18.1. The van der Waals surface area contributed by atoms with Crippen LogP contribution in [0.25, 0.3) is 10.8 Å². The van der Waals surface area contributed by atoms with Crippen LogP contribution in [-0.4, -0.2) is 137 Å². The standard InChI is InChI=1S/C54H66N12O9/c1-32-46(68)64-42(29-34-15-6-3-7-16-34)52(74)66-26-12-21-44(66)53(75)65-25-11-20-43(65)51(73)60-38(19-10-24-58-54(56)57)47(69)61-39(28-33-13-4-2-5-14-33)49(71)62-40(50(72)63-41(31-45(55)67)48(70)59-32)30-35-22-23-36-17-8-9-18-37(36)27-35/h2-9,13-18,22-23,27,32,38-44H,10-12,19-21,24-26,28-31H2,1H3,(H2,55,67)(H,59,70)(H,60,73)(H,61,69)(H,62,71)(H,63,72)(H,64,68)(H4,56,57,58)/t32-,38-,39-,40?,41-,42-,43-,44+/m0/s1. The van der Waals surface area contributed by atoms with Gasteiger partial charge in [0.1, 0.15) is 48.3 Å². The van der Waals surface area contributed by atoms with Crippen molar-refractivity contribution in [3.05, 3.63) is 120 Å². The Hall–Kier alpha value is -8.36. The normalized spacial score (nSPS) is 24.6. The fourth-order valence-electron chi connectivity index (χ4n) is 9.85. The third kappa shape index (κ3) is 14.7. The van der Waals surface area contributed by atoms with Crippen LogP contribution in [0.1, 0.15) is 68.6 Å². The molecule has 3 aliphatic rings. The minimum absolute atomic E-state index is 0.00303. The van der Waals surface area contributed by atoms with E-state index in [2.05, 4.69) is 36.9 Å². The van der Waals surface area contributed by atoms with Crippen LogP contribution in [0.5, 0.6) is 0 Å². The van der Waals surface area contributed by atoms with Crippen molar-refractivity contribution >= 4 is 69.9 Å². The van der Waals surface area contributed by atoms with Gasteiger partial charge in [0, 0.05) is 38.9 Å². The van der Waals surface area contributed by atoms with Gasteiger partial charge in [0.05, 0.1) is 6.42 Å². The Kier molecular flexibility index (Phi) is 18.5. The molecule has 0 radical (unpaired) electrons. The second-order valence-electron chi connectivity index (χ2n) is 19.3. The number of guanidine groups is 1. The van der Waals surface area contributed by atoms with E-state index >= 15 is 0 Å². The predicted molar refractivity (Wildman–Crippen MR) is 278 cm³/mol. The van der Waals surface area contributed by atoms with Crippen molar-refractivity contribution in [2.45, 2.75) is 119 Å². The number of primary amides is 1. The average Bonchev–Trinajstić information content (AvgIpc) is 4.10. The quantitative estimate of drug-likeness (QED) is 0.0505. The number of benzene rings is 4. The summed E-state index contributed by atoms with van der Waals surface area (Å²) in [6, 6.07) is 20.4. The van der Waals surface area contributed by atoms with Crippen LogP contribution in [0, 0.1) is 0 Å². The highest BCUT2D eigenvalue weighted by atomic mass is 16.2. The van der Waals surface area contributed by atoms with Gasteiger partial charge in [-0.05, 0) is 72.9 Å². The van der Waals surface area contributed by atoms with E-state index in [4.69, 9.17) is 17.2 Å². The van der Waals surface area contributed by atoms with Crippen molar-refractivity contribution < 1.29 is 43.2 Å². The summed E-state index contributed by atoms with van der Waals surface area (Å²) < 4.78 is 0. The molecule has 8 atom stereocenters. The molecule has 3 heterocycles. The SMILES string of the molecule is C[C@@H]1NC(=O)[C@H](CC(N)=O)NC(=O)C(Cc2ccc3ccccc3c2)NC(=O)[C@H](Cc2ccccc2)NC(=O)[C@H](CCCN=C(N)N)NC(=O)[C@@H]2CCCN2C(=O)[C@H]2CCCN2C(=O)[C@H](Cc2ccccc2)NC1=O. The lowest BCUT2D eigenvalue weighted by atomic mass is 9.99. The van der Waals surface area contributed by atoms with E-state index < -0.39 is 108 Å². The van der Waals surface area contributed by atoms with Gasteiger partial charge in [-0.3, -0.25) is 48.1 Å². The summed E-state index contributed by atoms with van der Waals surface area (Å²) in [4.78, 5) is 135. The number of aliphatic imine (C=N–C) groups is 1. The topological polar surface area (TPSA) is 323 Å². The number of carbonyl (C=O) groups excluding carboxylic acids is 9. The fraction of sp³-hybridized carbons (Fsp3) is 0.407. The molecule has 1 unspecified atom stereocenters. The Morgan fingerprint density at radius 2 is 1.01 bits per heavy atom. The molecule has 21 nitrogen and oxygen atoms in total. The summed E-state index contributed by atoms with van der Waals surface area (Å²) in [5.74, 6) is -7.00. The van der Waals surface area contributed by atoms with E-state index in [1.165, 1.54) is 16.7 Å². The van der Waals surface area contributed by atoms with Crippen LogP contribution in [0.15, 0.2) is 108 Å². The summed E-state index contributed by atoms with van der Waals surface area (Å²) in [7, 11) is 0. The molecule has 7 rings (SSSR count). The molecule has 0 bridgehead atoms. The molecule has 0 aromatic heterocycles. The molecule has 21 heteroatoms. The molecule has 396 valence electrons. The lowest BCUT2D eigenvalue weighted by Gasteiger charge is -2.33. The molecule has 4 aromatic rings. The van der Waals surface area contributed by atoms with Gasteiger partial charge in [-0.1, -0.05) is 103 Å². The van der Waals surface area contributed by atoms with Crippen molar-refractivity contribution in [3.8, 4) is 0 Å². The minimum atomic E-state index is -1.65. The molecule has 9 amide bonds. The zero-order valence-electron chi connectivity index (χ0n) is 41.9. The maximum Gasteiger partial charge on any atom is 0.246 e.